The summed E-state index contributed by atoms with van der Waals surface area (Å²) >= 11 is 0. The van der Waals surface area contributed by atoms with E-state index in [1.54, 1.807) is 0 Å². The second kappa shape index (κ2) is 6.36. The third-order valence-electron chi connectivity index (χ3n) is 4.17. The van der Waals surface area contributed by atoms with Crippen molar-refractivity contribution in [3.63, 3.8) is 0 Å². The largest absolute Gasteiger partial charge is 0.354 e. The number of hydrogen-bond donors (Lipinski definition) is 2. The van der Waals surface area contributed by atoms with E-state index in [-0.39, 0.29) is 5.91 Å². The van der Waals surface area contributed by atoms with E-state index < -0.39 is 0 Å². The SMILES string of the molecule is NCCNC(=O)CN1CCCC2CCCCC21. The van der Waals surface area contributed by atoms with Crippen LogP contribution >= 0.6 is 0 Å². The van der Waals surface area contributed by atoms with Crippen LogP contribution in [0.25, 0.3) is 0 Å². The van der Waals surface area contributed by atoms with Crippen molar-refractivity contribution >= 4 is 5.91 Å². The Hall–Kier alpha value is -0.610. The van der Waals surface area contributed by atoms with E-state index in [2.05, 4.69) is 10.2 Å². The van der Waals surface area contributed by atoms with E-state index in [0.29, 0.717) is 25.7 Å². The molecule has 0 radical (unpaired) electrons. The molecule has 0 aromatic carbocycles. The summed E-state index contributed by atoms with van der Waals surface area (Å²) in [6.07, 6.45) is 7.99. The zero-order valence-corrected chi connectivity index (χ0v) is 10.7. The molecule has 17 heavy (non-hydrogen) atoms. The lowest BCUT2D eigenvalue weighted by molar-refractivity contribution is -0.123. The maximum Gasteiger partial charge on any atom is 0.234 e. The summed E-state index contributed by atoms with van der Waals surface area (Å²) in [6, 6.07) is 0.668. The highest BCUT2D eigenvalue weighted by atomic mass is 16.2. The number of carbonyl (C=O) groups is 1. The fourth-order valence-corrected chi connectivity index (χ4v) is 3.38. The lowest BCUT2D eigenvalue weighted by Crippen LogP contribution is -2.50. The van der Waals surface area contributed by atoms with Gasteiger partial charge in [-0.05, 0) is 38.1 Å². The van der Waals surface area contributed by atoms with Crippen LogP contribution in [-0.2, 0) is 4.79 Å². The molecule has 0 aromatic rings. The first-order valence-corrected chi connectivity index (χ1v) is 7.02. The minimum absolute atomic E-state index is 0.140. The normalized spacial score (nSPS) is 29.7. The van der Waals surface area contributed by atoms with Crippen molar-refractivity contribution < 1.29 is 4.79 Å². The van der Waals surface area contributed by atoms with Crippen LogP contribution in [0.1, 0.15) is 38.5 Å². The van der Waals surface area contributed by atoms with Crippen LogP contribution in [0.4, 0.5) is 0 Å². The van der Waals surface area contributed by atoms with Crippen LogP contribution in [0.5, 0.6) is 0 Å². The molecule has 4 heteroatoms. The predicted molar refractivity (Wildman–Crippen MR) is 68.6 cm³/mol. The Morgan fingerprint density at radius 1 is 1.24 bits per heavy atom. The Bertz CT molecular complexity index is 255. The highest BCUT2D eigenvalue weighted by Gasteiger charge is 2.33. The van der Waals surface area contributed by atoms with Crippen LogP contribution in [-0.4, -0.2) is 43.0 Å². The van der Waals surface area contributed by atoms with Gasteiger partial charge in [-0.15, -0.1) is 0 Å². The quantitative estimate of drug-likeness (QED) is 0.760. The molecule has 1 aliphatic carbocycles. The fraction of sp³-hybridized carbons (Fsp3) is 0.923. The third kappa shape index (κ3) is 3.42. The van der Waals surface area contributed by atoms with Gasteiger partial charge in [-0.25, -0.2) is 0 Å². The maximum atomic E-state index is 11.7. The van der Waals surface area contributed by atoms with Gasteiger partial charge >= 0.3 is 0 Å². The molecular weight excluding hydrogens is 214 g/mol. The zero-order chi connectivity index (χ0) is 12.1. The number of hydrogen-bond acceptors (Lipinski definition) is 3. The molecule has 1 aliphatic heterocycles. The lowest BCUT2D eigenvalue weighted by Gasteiger charge is -2.43. The summed E-state index contributed by atoms with van der Waals surface area (Å²) in [6.45, 7) is 2.79. The highest BCUT2D eigenvalue weighted by molar-refractivity contribution is 5.78. The van der Waals surface area contributed by atoms with E-state index in [9.17, 15) is 4.79 Å². The van der Waals surface area contributed by atoms with Crippen molar-refractivity contribution in [2.24, 2.45) is 11.7 Å². The lowest BCUT2D eigenvalue weighted by atomic mass is 9.78. The number of likely N-dealkylation sites (tertiary alicyclic amines) is 1. The zero-order valence-electron chi connectivity index (χ0n) is 10.7. The van der Waals surface area contributed by atoms with E-state index in [0.717, 1.165) is 12.5 Å². The molecule has 1 amide bonds. The molecule has 2 atom stereocenters. The van der Waals surface area contributed by atoms with Crippen molar-refractivity contribution in [1.82, 2.24) is 10.2 Å². The number of piperidine rings is 1. The Labute approximate surface area is 104 Å². The monoisotopic (exact) mass is 239 g/mol. The fourth-order valence-electron chi connectivity index (χ4n) is 3.38. The average Bonchev–Trinajstić information content (AvgIpc) is 2.37. The van der Waals surface area contributed by atoms with Crippen LogP contribution in [0, 0.1) is 5.92 Å². The molecule has 2 rings (SSSR count). The van der Waals surface area contributed by atoms with E-state index in [1.807, 2.05) is 0 Å². The van der Waals surface area contributed by atoms with Crippen molar-refractivity contribution in [2.75, 3.05) is 26.2 Å². The van der Waals surface area contributed by atoms with Gasteiger partial charge < -0.3 is 11.1 Å². The molecule has 4 nitrogen and oxygen atoms in total. The molecule has 0 aromatic heterocycles. The number of nitrogens with zero attached hydrogens (tertiary/aromatic N) is 1. The summed E-state index contributed by atoms with van der Waals surface area (Å²) < 4.78 is 0. The molecule has 0 bridgehead atoms. The third-order valence-corrected chi connectivity index (χ3v) is 4.17. The van der Waals surface area contributed by atoms with Crippen LogP contribution in [0.3, 0.4) is 0 Å². The van der Waals surface area contributed by atoms with Gasteiger partial charge in [0.25, 0.3) is 0 Å². The first-order valence-electron chi connectivity index (χ1n) is 7.02. The maximum absolute atomic E-state index is 11.7. The van der Waals surface area contributed by atoms with Crippen LogP contribution in [0.15, 0.2) is 0 Å². The van der Waals surface area contributed by atoms with Gasteiger partial charge in [0, 0.05) is 19.1 Å². The topological polar surface area (TPSA) is 58.4 Å². The summed E-state index contributed by atoms with van der Waals surface area (Å²) in [5.41, 5.74) is 5.39. The minimum atomic E-state index is 0.140. The van der Waals surface area contributed by atoms with Gasteiger partial charge in [-0.1, -0.05) is 12.8 Å². The Kier molecular flexibility index (Phi) is 4.80. The first kappa shape index (κ1) is 12.8. The van der Waals surface area contributed by atoms with E-state index >= 15 is 0 Å². The summed E-state index contributed by atoms with van der Waals surface area (Å²) in [5.74, 6) is 0.987. The van der Waals surface area contributed by atoms with Crippen LogP contribution in [0.2, 0.25) is 0 Å². The number of rotatable bonds is 4. The first-order chi connectivity index (χ1) is 8.31. The number of nitrogens with two attached hydrogens (primary N) is 1. The molecule has 0 spiro atoms. The summed E-state index contributed by atoms with van der Waals surface area (Å²) in [5, 5.41) is 2.87. The second-order valence-corrected chi connectivity index (χ2v) is 5.36. The minimum Gasteiger partial charge on any atom is -0.354 e. The smallest absolute Gasteiger partial charge is 0.234 e. The summed E-state index contributed by atoms with van der Waals surface area (Å²) in [4.78, 5) is 14.1. The van der Waals surface area contributed by atoms with E-state index in [1.165, 1.54) is 38.5 Å². The molecule has 3 N–H and O–H groups in total. The standard InChI is InChI=1S/C13H25N3O/c14-7-8-15-13(17)10-16-9-3-5-11-4-1-2-6-12(11)16/h11-12H,1-10,14H2,(H,15,17). The molecule has 1 saturated carbocycles. The summed E-state index contributed by atoms with van der Waals surface area (Å²) in [7, 11) is 0. The number of fused-ring (bicyclic) bond motifs is 1. The second-order valence-electron chi connectivity index (χ2n) is 5.36. The molecule has 2 aliphatic rings. The Morgan fingerprint density at radius 3 is 2.82 bits per heavy atom. The molecular formula is C13H25N3O. The van der Waals surface area contributed by atoms with Crippen molar-refractivity contribution in [3.8, 4) is 0 Å². The van der Waals surface area contributed by atoms with Crippen LogP contribution < -0.4 is 11.1 Å². The number of amides is 1. The van der Waals surface area contributed by atoms with Gasteiger partial charge in [-0.2, -0.15) is 0 Å². The molecule has 2 fully saturated rings. The van der Waals surface area contributed by atoms with Gasteiger partial charge in [-0.3, -0.25) is 9.69 Å². The molecule has 1 saturated heterocycles. The molecule has 2 unspecified atom stereocenters. The molecule has 98 valence electrons. The van der Waals surface area contributed by atoms with Crippen molar-refractivity contribution in [1.29, 1.82) is 0 Å². The number of carbonyl (C=O) groups excluding carboxylic acids is 1. The van der Waals surface area contributed by atoms with Crippen molar-refractivity contribution in [3.05, 3.63) is 0 Å². The van der Waals surface area contributed by atoms with E-state index in [4.69, 9.17) is 5.73 Å². The Balaban J connectivity index is 1.83. The highest BCUT2D eigenvalue weighted by Crippen LogP contribution is 2.34. The number of nitrogens with one attached hydrogen (secondary N) is 1. The van der Waals surface area contributed by atoms with Gasteiger partial charge in [0.2, 0.25) is 5.91 Å². The van der Waals surface area contributed by atoms with Gasteiger partial charge in [0.1, 0.15) is 0 Å². The van der Waals surface area contributed by atoms with Gasteiger partial charge in [0.15, 0.2) is 0 Å². The predicted octanol–water partition coefficient (Wildman–Crippen LogP) is 0.716. The average molecular weight is 239 g/mol. The van der Waals surface area contributed by atoms with Crippen molar-refractivity contribution in [2.45, 2.75) is 44.6 Å². The molecule has 1 heterocycles. The van der Waals surface area contributed by atoms with Gasteiger partial charge in [0.05, 0.1) is 6.54 Å². The Morgan fingerprint density at radius 2 is 2.00 bits per heavy atom.